The number of hydrogen-bond donors (Lipinski definition) is 2. The molecule has 0 saturated carbocycles. The van der Waals surface area contributed by atoms with Gasteiger partial charge in [0.25, 0.3) is 0 Å². The van der Waals surface area contributed by atoms with Gasteiger partial charge in [-0.25, -0.2) is 0 Å². The molecule has 26 heavy (non-hydrogen) atoms. The summed E-state index contributed by atoms with van der Waals surface area (Å²) in [5.74, 6) is -1.84. The number of amides is 1. The number of hydrogen-bond acceptors (Lipinski definition) is 6. The maximum atomic E-state index is 12.5. The first-order chi connectivity index (χ1) is 11.8. The van der Waals surface area contributed by atoms with E-state index in [0.717, 1.165) is 0 Å². The Labute approximate surface area is 152 Å². The van der Waals surface area contributed by atoms with E-state index >= 15 is 0 Å². The zero-order chi connectivity index (χ0) is 18.0. The fourth-order valence-corrected chi connectivity index (χ4v) is 2.41. The summed E-state index contributed by atoms with van der Waals surface area (Å²) in [5, 5.41) is 9.10. The highest BCUT2D eigenvalue weighted by molar-refractivity contribution is 5.95. The number of anilines is 1. The topological polar surface area (TPSA) is 89.3 Å². The third kappa shape index (κ3) is 4.51. The molecule has 3 rings (SSSR count). The summed E-state index contributed by atoms with van der Waals surface area (Å²) in [6.45, 7) is 2.93. The molecule has 2 aromatic rings. The molecule has 1 aliphatic rings. The summed E-state index contributed by atoms with van der Waals surface area (Å²) in [6.07, 6.45) is -4.95. The first-order valence-electron chi connectivity index (χ1n) is 7.52. The van der Waals surface area contributed by atoms with E-state index in [9.17, 15) is 18.0 Å². The molecule has 142 valence electrons. The number of ether oxygens (including phenoxy) is 1. The lowest BCUT2D eigenvalue weighted by Crippen LogP contribution is -2.53. The molecular weight excluding hydrogens is 377 g/mol. The number of alkyl halides is 3. The highest BCUT2D eigenvalue weighted by Crippen LogP contribution is 2.29. The van der Waals surface area contributed by atoms with E-state index in [4.69, 9.17) is 4.74 Å². The molecule has 1 aliphatic heterocycles. The molecule has 0 unspecified atom stereocenters. The lowest BCUT2D eigenvalue weighted by atomic mass is 10.1. The fourth-order valence-electron chi connectivity index (χ4n) is 2.41. The Hall–Kier alpha value is -2.17. The molecule has 2 N–H and O–H groups in total. The van der Waals surface area contributed by atoms with Gasteiger partial charge in [0.2, 0.25) is 11.7 Å². The predicted molar refractivity (Wildman–Crippen MR) is 87.8 cm³/mol. The molecule has 2 atom stereocenters. The van der Waals surface area contributed by atoms with Crippen molar-refractivity contribution in [3.8, 4) is 11.4 Å². The van der Waals surface area contributed by atoms with E-state index in [0.29, 0.717) is 24.4 Å². The van der Waals surface area contributed by atoms with E-state index in [2.05, 4.69) is 25.3 Å². The minimum atomic E-state index is -4.69. The van der Waals surface area contributed by atoms with Crippen molar-refractivity contribution in [2.45, 2.75) is 25.2 Å². The summed E-state index contributed by atoms with van der Waals surface area (Å²) >= 11 is 0. The van der Waals surface area contributed by atoms with Crippen LogP contribution < -0.4 is 10.6 Å². The van der Waals surface area contributed by atoms with Gasteiger partial charge in [-0.2, -0.15) is 18.2 Å². The van der Waals surface area contributed by atoms with E-state index in [1.807, 2.05) is 0 Å². The average Bonchev–Trinajstić information content (AvgIpc) is 3.06. The summed E-state index contributed by atoms with van der Waals surface area (Å²) < 4.78 is 47.0. The molecule has 0 bridgehead atoms. The standard InChI is InChI=1S/C15H15F3N4O3.ClH/c1-8-11(19-6-7-24-8)13(23)20-10-4-2-9(3-5-10)12-21-14(25-22-12)15(16,17)18;/h2-5,8,11,19H,6-7H2,1H3,(H,20,23);1H/t8-,11+;/m1./s1. The third-order valence-corrected chi connectivity index (χ3v) is 3.68. The Morgan fingerprint density at radius 2 is 2.00 bits per heavy atom. The molecule has 0 spiro atoms. The van der Waals surface area contributed by atoms with Crippen molar-refractivity contribution in [1.29, 1.82) is 0 Å². The SMILES string of the molecule is C[C@H]1OCCN[C@@H]1C(=O)Nc1ccc(-c2noc(C(F)(F)F)n2)cc1.Cl. The van der Waals surface area contributed by atoms with E-state index < -0.39 is 18.1 Å². The van der Waals surface area contributed by atoms with Gasteiger partial charge in [-0.1, -0.05) is 5.16 Å². The number of carbonyl (C=O) groups is 1. The number of rotatable bonds is 3. The van der Waals surface area contributed by atoms with Crippen molar-refractivity contribution in [3.63, 3.8) is 0 Å². The van der Waals surface area contributed by atoms with E-state index in [1.165, 1.54) is 12.1 Å². The quantitative estimate of drug-likeness (QED) is 0.834. The van der Waals surface area contributed by atoms with Gasteiger partial charge in [0.15, 0.2) is 0 Å². The second kappa shape index (κ2) is 8.02. The normalized spacial score (nSPS) is 20.3. The second-order valence-electron chi connectivity index (χ2n) is 5.50. The number of nitrogens with one attached hydrogen (secondary N) is 2. The van der Waals surface area contributed by atoms with Crippen LogP contribution in [-0.4, -0.2) is 41.3 Å². The molecule has 1 amide bonds. The van der Waals surface area contributed by atoms with Crippen molar-refractivity contribution in [2.24, 2.45) is 0 Å². The number of halogens is 4. The van der Waals surface area contributed by atoms with E-state index in [1.54, 1.807) is 19.1 Å². The van der Waals surface area contributed by atoms with Crippen molar-refractivity contribution in [3.05, 3.63) is 30.2 Å². The molecule has 1 fully saturated rings. The van der Waals surface area contributed by atoms with Crippen molar-refractivity contribution < 1.29 is 27.2 Å². The van der Waals surface area contributed by atoms with Gasteiger partial charge in [0, 0.05) is 17.8 Å². The van der Waals surface area contributed by atoms with Gasteiger partial charge in [-0.05, 0) is 31.2 Å². The van der Waals surface area contributed by atoms with Crippen LogP contribution in [0.5, 0.6) is 0 Å². The predicted octanol–water partition coefficient (Wildman–Crippen LogP) is 2.49. The minimum absolute atomic E-state index is 0. The van der Waals surface area contributed by atoms with Crippen molar-refractivity contribution >= 4 is 24.0 Å². The van der Waals surface area contributed by atoms with Crippen LogP contribution in [0.15, 0.2) is 28.8 Å². The monoisotopic (exact) mass is 392 g/mol. The van der Waals surface area contributed by atoms with Gasteiger partial charge < -0.3 is 19.9 Å². The second-order valence-corrected chi connectivity index (χ2v) is 5.50. The van der Waals surface area contributed by atoms with Gasteiger partial charge in [-0.3, -0.25) is 4.79 Å². The third-order valence-electron chi connectivity index (χ3n) is 3.68. The first kappa shape index (κ1) is 20.1. The smallest absolute Gasteiger partial charge is 0.375 e. The summed E-state index contributed by atoms with van der Waals surface area (Å²) in [5.41, 5.74) is 0.831. The van der Waals surface area contributed by atoms with E-state index in [-0.39, 0.29) is 30.2 Å². The molecule has 1 aromatic carbocycles. The maximum absolute atomic E-state index is 12.5. The Morgan fingerprint density at radius 3 is 2.58 bits per heavy atom. The van der Waals surface area contributed by atoms with Gasteiger partial charge >= 0.3 is 12.1 Å². The summed E-state index contributed by atoms with van der Waals surface area (Å²) in [6, 6.07) is 5.61. The van der Waals surface area contributed by atoms with Crippen LogP contribution in [-0.2, 0) is 15.7 Å². The van der Waals surface area contributed by atoms with Crippen molar-refractivity contribution in [2.75, 3.05) is 18.5 Å². The number of morpholine rings is 1. The largest absolute Gasteiger partial charge is 0.471 e. The number of carbonyl (C=O) groups excluding carboxylic acids is 1. The molecule has 0 aliphatic carbocycles. The lowest BCUT2D eigenvalue weighted by Gasteiger charge is -2.29. The maximum Gasteiger partial charge on any atom is 0.471 e. The van der Waals surface area contributed by atoms with Crippen LogP contribution in [0.2, 0.25) is 0 Å². The Kier molecular flexibility index (Phi) is 6.21. The van der Waals surface area contributed by atoms with Crippen LogP contribution in [0.4, 0.5) is 18.9 Å². The fraction of sp³-hybridized carbons (Fsp3) is 0.400. The average molecular weight is 393 g/mol. The number of aromatic nitrogens is 2. The number of nitrogens with zero attached hydrogens (tertiary/aromatic N) is 2. The molecule has 0 radical (unpaired) electrons. The number of benzene rings is 1. The molecular formula is C15H16ClF3N4O3. The molecule has 11 heteroatoms. The molecule has 2 heterocycles. The zero-order valence-electron chi connectivity index (χ0n) is 13.5. The lowest BCUT2D eigenvalue weighted by molar-refractivity contribution is -0.159. The summed E-state index contributed by atoms with van der Waals surface area (Å²) in [7, 11) is 0. The minimum Gasteiger partial charge on any atom is -0.375 e. The summed E-state index contributed by atoms with van der Waals surface area (Å²) in [4.78, 5) is 15.5. The Morgan fingerprint density at radius 1 is 1.31 bits per heavy atom. The first-order valence-corrected chi connectivity index (χ1v) is 7.52. The Bertz CT molecular complexity index is 751. The Balaban J connectivity index is 0.00000243. The van der Waals surface area contributed by atoms with Crippen molar-refractivity contribution in [1.82, 2.24) is 15.5 Å². The van der Waals surface area contributed by atoms with Crippen LogP contribution in [0.3, 0.4) is 0 Å². The van der Waals surface area contributed by atoms with Crippen LogP contribution in [0.1, 0.15) is 12.8 Å². The highest BCUT2D eigenvalue weighted by Gasteiger charge is 2.38. The molecule has 1 aromatic heterocycles. The highest BCUT2D eigenvalue weighted by atomic mass is 35.5. The molecule has 1 saturated heterocycles. The zero-order valence-corrected chi connectivity index (χ0v) is 14.4. The molecule has 7 nitrogen and oxygen atoms in total. The van der Waals surface area contributed by atoms with Crippen LogP contribution in [0.25, 0.3) is 11.4 Å². The van der Waals surface area contributed by atoms with Gasteiger partial charge in [0.1, 0.15) is 6.04 Å². The van der Waals surface area contributed by atoms with Crippen LogP contribution >= 0.6 is 12.4 Å². The van der Waals surface area contributed by atoms with Gasteiger partial charge in [-0.15, -0.1) is 12.4 Å². The van der Waals surface area contributed by atoms with Gasteiger partial charge in [0.05, 0.1) is 12.7 Å². The van der Waals surface area contributed by atoms with Crippen LogP contribution in [0, 0.1) is 0 Å².